The molecule has 0 spiro atoms. The maximum absolute atomic E-state index is 11.5. The summed E-state index contributed by atoms with van der Waals surface area (Å²) in [7, 11) is 0. The molecular formula is C14H28O. The number of hydrogen-bond acceptors (Lipinski definition) is 1. The molecule has 1 saturated carbocycles. The Labute approximate surface area is 95.6 Å². The Morgan fingerprint density at radius 3 is 2.27 bits per heavy atom. The fourth-order valence-electron chi connectivity index (χ4n) is 1.98. The maximum atomic E-state index is 11.5. The monoisotopic (exact) mass is 212 g/mol. The van der Waals surface area contributed by atoms with Crippen molar-refractivity contribution in [3.8, 4) is 0 Å². The molecule has 0 bridgehead atoms. The van der Waals surface area contributed by atoms with Crippen LogP contribution in [0.5, 0.6) is 0 Å². The molecule has 0 aromatic rings. The average molecular weight is 212 g/mol. The molecule has 1 aliphatic carbocycles. The van der Waals surface area contributed by atoms with E-state index in [1.54, 1.807) is 0 Å². The van der Waals surface area contributed by atoms with Crippen LogP contribution in [0.3, 0.4) is 0 Å². The van der Waals surface area contributed by atoms with Crippen LogP contribution < -0.4 is 0 Å². The third-order valence-corrected chi connectivity index (χ3v) is 3.19. The van der Waals surface area contributed by atoms with Gasteiger partial charge in [-0.05, 0) is 24.7 Å². The highest BCUT2D eigenvalue weighted by atomic mass is 16.1. The zero-order chi connectivity index (χ0) is 11.8. The van der Waals surface area contributed by atoms with Gasteiger partial charge in [-0.15, -0.1) is 0 Å². The van der Waals surface area contributed by atoms with Crippen LogP contribution in [0.1, 0.15) is 66.7 Å². The van der Waals surface area contributed by atoms with Crippen LogP contribution in [0, 0.1) is 17.8 Å². The van der Waals surface area contributed by atoms with E-state index in [1.165, 1.54) is 12.8 Å². The molecule has 0 aromatic carbocycles. The highest BCUT2D eigenvalue weighted by Gasteiger charge is 2.38. The number of carbonyl (C=O) groups is 1. The van der Waals surface area contributed by atoms with Gasteiger partial charge in [-0.1, -0.05) is 47.5 Å². The maximum Gasteiger partial charge on any atom is 0.136 e. The van der Waals surface area contributed by atoms with Crippen LogP contribution in [0.15, 0.2) is 0 Å². The smallest absolute Gasteiger partial charge is 0.136 e. The Balaban J connectivity index is 0.000000921. The molecule has 90 valence electrons. The minimum Gasteiger partial charge on any atom is -0.299 e. The molecule has 0 heterocycles. The van der Waals surface area contributed by atoms with Crippen molar-refractivity contribution in [3.05, 3.63) is 0 Å². The molecule has 1 fully saturated rings. The normalized spacial score (nSPS) is 25.1. The highest BCUT2D eigenvalue weighted by molar-refractivity contribution is 5.83. The van der Waals surface area contributed by atoms with Gasteiger partial charge in [-0.2, -0.15) is 0 Å². The summed E-state index contributed by atoms with van der Waals surface area (Å²) in [5.74, 6) is 2.39. The van der Waals surface area contributed by atoms with Crippen molar-refractivity contribution < 1.29 is 4.79 Å². The second kappa shape index (κ2) is 7.90. The highest BCUT2D eigenvalue weighted by Crippen LogP contribution is 2.39. The minimum atomic E-state index is 0.439. The Kier molecular flexibility index (Phi) is 7.72. The fraction of sp³-hybridized carbons (Fsp3) is 0.929. The van der Waals surface area contributed by atoms with Gasteiger partial charge in [0.15, 0.2) is 0 Å². The van der Waals surface area contributed by atoms with Gasteiger partial charge >= 0.3 is 0 Å². The predicted molar refractivity (Wildman–Crippen MR) is 66.9 cm³/mol. The van der Waals surface area contributed by atoms with E-state index in [0.717, 1.165) is 25.2 Å². The van der Waals surface area contributed by atoms with Gasteiger partial charge in [0, 0.05) is 12.3 Å². The summed E-state index contributed by atoms with van der Waals surface area (Å²) in [5, 5.41) is 0. The molecule has 1 rings (SSSR count). The molecule has 0 saturated heterocycles. The van der Waals surface area contributed by atoms with Crippen LogP contribution in [0.25, 0.3) is 0 Å². The summed E-state index contributed by atoms with van der Waals surface area (Å²) in [4.78, 5) is 11.5. The standard InChI is InChI=1S/C12H22O.C2H6/c1-4-5-9(2)6-7-12(13)11-8-10(11)3;1-2/h9-11H,4-8H2,1-3H3;1-2H3. The molecule has 3 unspecified atom stereocenters. The lowest BCUT2D eigenvalue weighted by atomic mass is 9.97. The first-order chi connectivity index (χ1) is 7.15. The van der Waals surface area contributed by atoms with Crippen molar-refractivity contribution in [2.24, 2.45) is 17.8 Å². The molecule has 0 aliphatic heterocycles. The number of Topliss-reactive ketones (excluding diaryl/α,β-unsaturated/α-hetero) is 1. The number of carbonyl (C=O) groups excluding carboxylic acids is 1. The Morgan fingerprint density at radius 1 is 1.33 bits per heavy atom. The van der Waals surface area contributed by atoms with Crippen molar-refractivity contribution in [1.82, 2.24) is 0 Å². The van der Waals surface area contributed by atoms with E-state index in [-0.39, 0.29) is 0 Å². The minimum absolute atomic E-state index is 0.439. The zero-order valence-corrected chi connectivity index (χ0v) is 11.2. The second-order valence-electron chi connectivity index (χ2n) is 4.72. The van der Waals surface area contributed by atoms with Crippen LogP contribution in [0.2, 0.25) is 0 Å². The first-order valence-electron chi connectivity index (χ1n) is 6.67. The van der Waals surface area contributed by atoms with E-state index >= 15 is 0 Å². The van der Waals surface area contributed by atoms with Gasteiger partial charge in [0.25, 0.3) is 0 Å². The summed E-state index contributed by atoms with van der Waals surface area (Å²) in [6.07, 6.45) is 5.61. The molecular weight excluding hydrogens is 184 g/mol. The van der Waals surface area contributed by atoms with Gasteiger partial charge in [-0.3, -0.25) is 4.79 Å². The summed E-state index contributed by atoms with van der Waals surface area (Å²) in [5.41, 5.74) is 0. The Morgan fingerprint density at radius 2 is 1.87 bits per heavy atom. The molecule has 1 heteroatoms. The SMILES string of the molecule is CC.CCCC(C)CCC(=O)C1CC1C. The third-order valence-electron chi connectivity index (χ3n) is 3.19. The number of rotatable bonds is 6. The Bertz CT molecular complexity index is 174. The lowest BCUT2D eigenvalue weighted by Gasteiger charge is -2.08. The molecule has 15 heavy (non-hydrogen) atoms. The number of hydrogen-bond donors (Lipinski definition) is 0. The van der Waals surface area contributed by atoms with Crippen LogP contribution >= 0.6 is 0 Å². The topological polar surface area (TPSA) is 17.1 Å². The van der Waals surface area contributed by atoms with Crippen LogP contribution in [-0.2, 0) is 4.79 Å². The number of ketones is 1. The molecule has 3 atom stereocenters. The van der Waals surface area contributed by atoms with E-state index in [2.05, 4.69) is 20.8 Å². The summed E-state index contributed by atoms with van der Waals surface area (Å²) >= 11 is 0. The van der Waals surface area contributed by atoms with E-state index in [4.69, 9.17) is 0 Å². The lowest BCUT2D eigenvalue weighted by molar-refractivity contribution is -0.120. The molecule has 0 N–H and O–H groups in total. The first kappa shape index (κ1) is 14.7. The van der Waals surface area contributed by atoms with Gasteiger partial charge in [0.05, 0.1) is 0 Å². The molecule has 0 aromatic heterocycles. The summed E-state index contributed by atoms with van der Waals surface area (Å²) in [6.45, 7) is 10.6. The predicted octanol–water partition coefficient (Wildman–Crippen LogP) is 4.45. The van der Waals surface area contributed by atoms with Gasteiger partial charge in [0.2, 0.25) is 0 Å². The van der Waals surface area contributed by atoms with Crippen molar-refractivity contribution >= 4 is 5.78 Å². The second-order valence-corrected chi connectivity index (χ2v) is 4.72. The molecule has 0 amide bonds. The van der Waals surface area contributed by atoms with Crippen molar-refractivity contribution in [3.63, 3.8) is 0 Å². The van der Waals surface area contributed by atoms with E-state index in [1.807, 2.05) is 13.8 Å². The van der Waals surface area contributed by atoms with Gasteiger partial charge in [-0.25, -0.2) is 0 Å². The van der Waals surface area contributed by atoms with Crippen molar-refractivity contribution in [2.45, 2.75) is 66.7 Å². The van der Waals surface area contributed by atoms with Gasteiger partial charge in [0.1, 0.15) is 5.78 Å². The van der Waals surface area contributed by atoms with Crippen LogP contribution in [-0.4, -0.2) is 5.78 Å². The van der Waals surface area contributed by atoms with E-state index < -0.39 is 0 Å². The fourth-order valence-corrected chi connectivity index (χ4v) is 1.98. The average Bonchev–Trinajstić information content (AvgIpc) is 2.96. The van der Waals surface area contributed by atoms with Crippen molar-refractivity contribution in [2.75, 3.05) is 0 Å². The quantitative estimate of drug-likeness (QED) is 0.635. The molecule has 1 aliphatic rings. The largest absolute Gasteiger partial charge is 0.299 e. The molecule has 0 radical (unpaired) electrons. The first-order valence-corrected chi connectivity index (χ1v) is 6.67. The summed E-state index contributed by atoms with van der Waals surface area (Å²) < 4.78 is 0. The zero-order valence-electron chi connectivity index (χ0n) is 11.2. The van der Waals surface area contributed by atoms with Crippen molar-refractivity contribution in [1.29, 1.82) is 0 Å². The van der Waals surface area contributed by atoms with E-state index in [9.17, 15) is 4.79 Å². The van der Waals surface area contributed by atoms with Gasteiger partial charge < -0.3 is 0 Å². The molecule has 1 nitrogen and oxygen atoms in total. The third kappa shape index (κ3) is 5.96. The van der Waals surface area contributed by atoms with Crippen LogP contribution in [0.4, 0.5) is 0 Å². The Hall–Kier alpha value is -0.330. The summed E-state index contributed by atoms with van der Waals surface area (Å²) in [6, 6.07) is 0. The van der Waals surface area contributed by atoms with E-state index in [0.29, 0.717) is 17.6 Å². The lowest BCUT2D eigenvalue weighted by Crippen LogP contribution is -2.05.